The Hall–Kier alpha value is -3.80. The summed E-state index contributed by atoms with van der Waals surface area (Å²) < 4.78 is 9.89. The zero-order chi connectivity index (χ0) is 31.7. The van der Waals surface area contributed by atoms with E-state index in [1.54, 1.807) is 0 Å². The monoisotopic (exact) mass is 698 g/mol. The van der Waals surface area contributed by atoms with Gasteiger partial charge in [-0.1, -0.05) is 60.4 Å². The third-order valence-corrected chi connectivity index (χ3v) is 8.96. The summed E-state index contributed by atoms with van der Waals surface area (Å²) in [6.07, 6.45) is 3.12. The fourth-order valence-corrected chi connectivity index (χ4v) is 6.25. The summed E-state index contributed by atoms with van der Waals surface area (Å²) in [7, 11) is 2.80. The number of aromatic nitrogens is 4. The van der Waals surface area contributed by atoms with Crippen LogP contribution in [0.1, 0.15) is 98.4 Å². The third-order valence-electron chi connectivity index (χ3n) is 8.96. The molecule has 0 fully saturated rings. The molecule has 45 heavy (non-hydrogen) atoms. The Morgan fingerprint density at radius 3 is 1.62 bits per heavy atom. The van der Waals surface area contributed by atoms with Crippen LogP contribution in [-0.2, 0) is 52.3 Å². The summed E-state index contributed by atoms with van der Waals surface area (Å²) in [6, 6.07) is 8.19. The number of nitrogens with zero attached hydrogens (tertiary/aromatic N) is 4. The second-order valence-corrected chi connectivity index (χ2v) is 11.4. The Labute approximate surface area is 278 Å². The minimum atomic E-state index is -0.275. The normalized spacial score (nSPS) is 12.8. The van der Waals surface area contributed by atoms with E-state index in [1.807, 2.05) is 26.0 Å². The molecule has 8 nitrogen and oxygen atoms in total. The number of hydrogen-bond donors (Lipinski definition) is 0. The van der Waals surface area contributed by atoms with Crippen LogP contribution in [0.3, 0.4) is 0 Å². The van der Waals surface area contributed by atoms with Gasteiger partial charge in [0.1, 0.15) is 0 Å². The molecular formula is C36H40N4O4Pd. The van der Waals surface area contributed by atoms with E-state index in [9.17, 15) is 9.59 Å². The first-order chi connectivity index (χ1) is 21.1. The van der Waals surface area contributed by atoms with Crippen molar-refractivity contribution in [3.8, 4) is 0 Å². The molecule has 238 valence electrons. The van der Waals surface area contributed by atoms with Crippen molar-refractivity contribution in [3.05, 3.63) is 69.3 Å². The van der Waals surface area contributed by atoms with E-state index in [4.69, 9.17) is 29.4 Å². The first kappa shape index (κ1) is 34.1. The van der Waals surface area contributed by atoms with Gasteiger partial charge in [0.25, 0.3) is 0 Å². The second-order valence-electron chi connectivity index (χ2n) is 11.4. The summed E-state index contributed by atoms with van der Waals surface area (Å²) >= 11 is 0. The van der Waals surface area contributed by atoms with Crippen LogP contribution in [0.2, 0.25) is 0 Å². The van der Waals surface area contributed by atoms with Gasteiger partial charge in [-0.3, -0.25) is 9.59 Å². The summed E-state index contributed by atoms with van der Waals surface area (Å²) in [5, 5.41) is 0. The number of rotatable bonds is 8. The number of allylic oxidation sites excluding steroid dienone is 4. The quantitative estimate of drug-likeness (QED) is 0.182. The van der Waals surface area contributed by atoms with Crippen molar-refractivity contribution in [2.24, 2.45) is 0 Å². The largest absolute Gasteiger partial charge is 2.00 e. The van der Waals surface area contributed by atoms with Crippen molar-refractivity contribution in [3.63, 3.8) is 0 Å². The molecule has 0 radical (unpaired) electrons. The number of methoxy groups -OCH3 is 2. The van der Waals surface area contributed by atoms with Gasteiger partial charge in [0.2, 0.25) is 0 Å². The molecule has 0 amide bonds. The summed E-state index contributed by atoms with van der Waals surface area (Å²) in [5.41, 5.74) is 15.3. The zero-order valence-corrected chi connectivity index (χ0v) is 28.8. The van der Waals surface area contributed by atoms with Gasteiger partial charge in [-0.25, -0.2) is 9.97 Å². The topological polar surface area (TPSA) is 107 Å². The molecule has 0 aromatic carbocycles. The van der Waals surface area contributed by atoms with Crippen molar-refractivity contribution >= 4 is 56.3 Å². The molecule has 0 N–H and O–H groups in total. The SMILES string of the molecule is CCC1=C(C)c2cc3[n-]c(cc4nc(cc5[n-]c(cc1n2)c(C)c5CCC(=O)OC)C(CCC(=O)OC)=C4C)c(C)c3CC.[Pd+2]. The zero-order valence-electron chi connectivity index (χ0n) is 27.3. The maximum atomic E-state index is 12.2. The van der Waals surface area contributed by atoms with E-state index in [2.05, 4.69) is 39.8 Å². The predicted octanol–water partition coefficient (Wildman–Crippen LogP) is 7.08. The van der Waals surface area contributed by atoms with Crippen molar-refractivity contribution < 1.29 is 39.5 Å². The number of ether oxygens (including phenoxy) is 2. The molecule has 0 atom stereocenters. The Morgan fingerprint density at radius 2 is 1.07 bits per heavy atom. The van der Waals surface area contributed by atoms with Crippen LogP contribution in [0.25, 0.3) is 44.4 Å². The van der Waals surface area contributed by atoms with Crippen LogP contribution < -0.4 is 9.97 Å². The fraction of sp³-hybridized carbons (Fsp3) is 0.389. The summed E-state index contributed by atoms with van der Waals surface area (Å²) in [5.74, 6) is -0.550. The molecule has 0 saturated heterocycles. The van der Waals surface area contributed by atoms with Gasteiger partial charge in [0.15, 0.2) is 0 Å². The van der Waals surface area contributed by atoms with E-state index in [-0.39, 0.29) is 45.2 Å². The van der Waals surface area contributed by atoms with Crippen molar-refractivity contribution in [1.82, 2.24) is 19.9 Å². The van der Waals surface area contributed by atoms with Crippen LogP contribution in [0.15, 0.2) is 24.3 Å². The van der Waals surface area contributed by atoms with Crippen molar-refractivity contribution in [1.29, 1.82) is 0 Å². The molecule has 0 saturated carbocycles. The molecular weight excluding hydrogens is 659 g/mol. The number of hydrogen-bond acceptors (Lipinski definition) is 6. The minimum absolute atomic E-state index is 0. The summed E-state index contributed by atoms with van der Waals surface area (Å²) in [6.45, 7) is 12.6. The number of esters is 2. The molecule has 0 unspecified atom stereocenters. The van der Waals surface area contributed by atoms with Gasteiger partial charge in [-0.2, -0.15) is 0 Å². The molecule has 0 spiro atoms. The average Bonchev–Trinajstić information content (AvgIpc) is 3.67. The molecule has 5 heterocycles. The van der Waals surface area contributed by atoms with Crippen LogP contribution in [0, 0.1) is 13.8 Å². The van der Waals surface area contributed by atoms with E-state index in [1.165, 1.54) is 25.4 Å². The Morgan fingerprint density at radius 1 is 0.622 bits per heavy atom. The standard InChI is InChI=1S/C36H40N4O4.Pd/c1-9-23-19(3)27-15-28-21(5)25(11-13-35(41)43-7)33(39-28)18-34-26(12-14-36(42)44-8)22(6)30(40-34)17-32-24(10-2)20(4)29(38-32)16-31(23)37-27;/h15-18H,9-14H2,1-8H3;/q-2;+2. The molecule has 9 heteroatoms. The molecule has 8 bridgehead atoms. The van der Waals surface area contributed by atoms with Gasteiger partial charge < -0.3 is 19.4 Å². The first-order valence-electron chi connectivity index (χ1n) is 15.3. The van der Waals surface area contributed by atoms with Crippen LogP contribution in [0.5, 0.6) is 0 Å². The van der Waals surface area contributed by atoms with E-state index in [0.717, 1.165) is 91.1 Å². The van der Waals surface area contributed by atoms with Crippen LogP contribution in [-0.4, -0.2) is 36.1 Å². The van der Waals surface area contributed by atoms with Crippen molar-refractivity contribution in [2.45, 2.75) is 80.1 Å². The number of carbonyl (C=O) groups is 2. The Bertz CT molecular complexity index is 1890. The average molecular weight is 699 g/mol. The molecule has 3 aromatic heterocycles. The molecule has 2 aliphatic heterocycles. The van der Waals surface area contributed by atoms with Crippen LogP contribution >= 0.6 is 0 Å². The molecule has 5 rings (SSSR count). The Balaban J connectivity index is 0.00000461. The predicted molar refractivity (Wildman–Crippen MR) is 175 cm³/mol. The Kier molecular flexibility index (Phi) is 10.7. The smallest absolute Gasteiger partial charge is 0.657 e. The number of carbonyl (C=O) groups excluding carboxylic acids is 2. The third kappa shape index (κ3) is 6.61. The van der Waals surface area contributed by atoms with Gasteiger partial charge >= 0.3 is 32.4 Å². The van der Waals surface area contributed by atoms with Gasteiger partial charge in [0, 0.05) is 12.8 Å². The van der Waals surface area contributed by atoms with E-state index < -0.39 is 0 Å². The van der Waals surface area contributed by atoms with Gasteiger partial charge in [-0.15, -0.1) is 22.1 Å². The maximum Gasteiger partial charge on any atom is 2.00 e. The second kappa shape index (κ2) is 14.1. The fourth-order valence-electron chi connectivity index (χ4n) is 6.25. The van der Waals surface area contributed by atoms with Crippen LogP contribution in [0.4, 0.5) is 0 Å². The van der Waals surface area contributed by atoms with Gasteiger partial charge in [-0.05, 0) is 75.7 Å². The minimum Gasteiger partial charge on any atom is -0.657 e. The molecule has 2 aliphatic rings. The maximum absolute atomic E-state index is 12.2. The van der Waals surface area contributed by atoms with Crippen molar-refractivity contribution in [2.75, 3.05) is 14.2 Å². The van der Waals surface area contributed by atoms with E-state index >= 15 is 0 Å². The summed E-state index contributed by atoms with van der Waals surface area (Å²) in [4.78, 5) is 44.6. The number of aryl methyl sites for hydroxylation is 4. The number of fused-ring (bicyclic) bond motifs is 8. The van der Waals surface area contributed by atoms with Gasteiger partial charge in [0.05, 0.1) is 37.0 Å². The van der Waals surface area contributed by atoms with E-state index in [0.29, 0.717) is 12.8 Å². The first-order valence-corrected chi connectivity index (χ1v) is 15.3. The molecule has 3 aromatic rings. The molecule has 0 aliphatic carbocycles.